The fourth-order valence-corrected chi connectivity index (χ4v) is 1.74. The molecule has 16 heavy (non-hydrogen) atoms. The molecular weight excluding hydrogens is 334 g/mol. The number of nitrogens with zero attached hydrogens (tertiary/aromatic N) is 2. The van der Waals surface area contributed by atoms with Gasteiger partial charge in [0, 0.05) is 16.2 Å². The number of halogens is 2. The van der Waals surface area contributed by atoms with Gasteiger partial charge in [0.1, 0.15) is 5.82 Å². The highest BCUT2D eigenvalue weighted by molar-refractivity contribution is 9.10. The summed E-state index contributed by atoms with van der Waals surface area (Å²) in [5.74, 6) is 1.09. The summed E-state index contributed by atoms with van der Waals surface area (Å²) in [5, 5.41) is 0. The Morgan fingerprint density at radius 1 is 1.19 bits per heavy atom. The van der Waals surface area contributed by atoms with Gasteiger partial charge in [-0.3, -0.25) is 0 Å². The zero-order valence-corrected chi connectivity index (χ0v) is 11.7. The molecule has 0 spiro atoms. The zero-order valence-electron chi connectivity index (χ0n) is 8.54. The highest BCUT2D eigenvalue weighted by Crippen LogP contribution is 2.24. The van der Waals surface area contributed by atoms with Crippen molar-refractivity contribution in [2.45, 2.75) is 6.92 Å². The molecule has 0 aliphatic rings. The Hall–Kier alpha value is -0.940. The molecule has 1 aromatic carbocycles. The van der Waals surface area contributed by atoms with Gasteiger partial charge in [-0.2, -0.15) is 0 Å². The Kier molecular flexibility index (Phi) is 3.25. The van der Waals surface area contributed by atoms with Gasteiger partial charge in [0.15, 0.2) is 5.82 Å². The van der Waals surface area contributed by atoms with Crippen molar-refractivity contribution in [2.75, 3.05) is 5.73 Å². The maximum Gasteiger partial charge on any atom is 0.161 e. The molecule has 0 aliphatic carbocycles. The molecule has 82 valence electrons. The lowest BCUT2D eigenvalue weighted by atomic mass is 10.1. The van der Waals surface area contributed by atoms with Crippen LogP contribution in [0.15, 0.2) is 33.3 Å². The maximum atomic E-state index is 5.72. The number of aromatic nitrogens is 2. The fourth-order valence-electron chi connectivity index (χ4n) is 1.30. The molecule has 0 bridgehead atoms. The van der Waals surface area contributed by atoms with Gasteiger partial charge in [0.2, 0.25) is 0 Å². The lowest BCUT2D eigenvalue weighted by molar-refractivity contribution is 1.17. The first-order valence-electron chi connectivity index (χ1n) is 4.62. The minimum absolute atomic E-state index is 0.450. The number of aryl methyl sites for hydroxylation is 1. The van der Waals surface area contributed by atoms with E-state index in [0.29, 0.717) is 16.1 Å². The SMILES string of the molecule is Cc1cc(-c2ncc(Br)c(N)n2)ccc1Br. The normalized spacial score (nSPS) is 10.4. The predicted octanol–water partition coefficient (Wildman–Crippen LogP) is 3.56. The van der Waals surface area contributed by atoms with E-state index in [1.165, 1.54) is 0 Å². The standard InChI is InChI=1S/C11H9Br2N3/c1-6-4-7(2-3-8(6)12)11-15-5-9(13)10(14)16-11/h2-5H,1H3,(H2,14,15,16). The smallest absolute Gasteiger partial charge is 0.161 e. The molecule has 0 fully saturated rings. The fraction of sp³-hybridized carbons (Fsp3) is 0.0909. The summed E-state index contributed by atoms with van der Waals surface area (Å²) in [4.78, 5) is 8.45. The number of hydrogen-bond donors (Lipinski definition) is 1. The van der Waals surface area contributed by atoms with Crippen LogP contribution in [-0.2, 0) is 0 Å². The summed E-state index contributed by atoms with van der Waals surface area (Å²) in [5.41, 5.74) is 7.82. The summed E-state index contributed by atoms with van der Waals surface area (Å²) >= 11 is 6.73. The van der Waals surface area contributed by atoms with Crippen LogP contribution >= 0.6 is 31.9 Å². The van der Waals surface area contributed by atoms with Crippen LogP contribution in [0.25, 0.3) is 11.4 Å². The molecule has 0 unspecified atom stereocenters. The van der Waals surface area contributed by atoms with Gasteiger partial charge in [-0.25, -0.2) is 9.97 Å². The Morgan fingerprint density at radius 3 is 2.56 bits per heavy atom. The third-order valence-electron chi connectivity index (χ3n) is 2.19. The number of benzene rings is 1. The van der Waals surface area contributed by atoms with Crippen LogP contribution < -0.4 is 5.73 Å². The second kappa shape index (κ2) is 4.51. The summed E-state index contributed by atoms with van der Waals surface area (Å²) in [7, 11) is 0. The van der Waals surface area contributed by atoms with Crippen molar-refractivity contribution in [2.24, 2.45) is 0 Å². The molecule has 2 aromatic rings. The lowest BCUT2D eigenvalue weighted by Crippen LogP contribution is -1.96. The van der Waals surface area contributed by atoms with Crippen LogP contribution in [0.1, 0.15) is 5.56 Å². The summed E-state index contributed by atoms with van der Waals surface area (Å²) < 4.78 is 1.78. The van der Waals surface area contributed by atoms with Crippen molar-refractivity contribution in [1.29, 1.82) is 0 Å². The third kappa shape index (κ3) is 2.25. The molecule has 0 aliphatic heterocycles. The topological polar surface area (TPSA) is 51.8 Å². The second-order valence-corrected chi connectivity index (χ2v) is 5.10. The lowest BCUT2D eigenvalue weighted by Gasteiger charge is -2.04. The van der Waals surface area contributed by atoms with Crippen LogP contribution in [0.3, 0.4) is 0 Å². The molecular formula is C11H9Br2N3. The highest BCUT2D eigenvalue weighted by atomic mass is 79.9. The Balaban J connectivity index is 2.50. The van der Waals surface area contributed by atoms with Crippen LogP contribution in [-0.4, -0.2) is 9.97 Å². The molecule has 2 N–H and O–H groups in total. The van der Waals surface area contributed by atoms with Crippen LogP contribution in [0.2, 0.25) is 0 Å². The second-order valence-electron chi connectivity index (χ2n) is 3.39. The first-order valence-corrected chi connectivity index (χ1v) is 6.21. The van der Waals surface area contributed by atoms with Crippen molar-refractivity contribution >= 4 is 37.7 Å². The number of nitrogen functional groups attached to an aromatic ring is 1. The molecule has 1 heterocycles. The van der Waals surface area contributed by atoms with Gasteiger partial charge in [-0.15, -0.1) is 0 Å². The van der Waals surface area contributed by atoms with Gasteiger partial charge in [-0.1, -0.05) is 22.0 Å². The van der Waals surface area contributed by atoms with E-state index in [1.54, 1.807) is 6.20 Å². The van der Waals surface area contributed by atoms with E-state index in [0.717, 1.165) is 15.6 Å². The van der Waals surface area contributed by atoms with Crippen LogP contribution in [0.5, 0.6) is 0 Å². The molecule has 3 nitrogen and oxygen atoms in total. The van der Waals surface area contributed by atoms with Gasteiger partial charge in [0.25, 0.3) is 0 Å². The van der Waals surface area contributed by atoms with Gasteiger partial charge in [0.05, 0.1) is 4.47 Å². The largest absolute Gasteiger partial charge is 0.383 e. The van der Waals surface area contributed by atoms with E-state index in [1.807, 2.05) is 25.1 Å². The van der Waals surface area contributed by atoms with E-state index in [2.05, 4.69) is 41.8 Å². The number of anilines is 1. The maximum absolute atomic E-state index is 5.72. The van der Waals surface area contributed by atoms with E-state index in [9.17, 15) is 0 Å². The molecule has 5 heteroatoms. The number of rotatable bonds is 1. The quantitative estimate of drug-likeness (QED) is 0.862. The molecule has 2 rings (SSSR count). The minimum atomic E-state index is 0.450. The molecule has 0 saturated carbocycles. The molecule has 0 atom stereocenters. The van der Waals surface area contributed by atoms with E-state index in [-0.39, 0.29) is 0 Å². The van der Waals surface area contributed by atoms with Crippen LogP contribution in [0.4, 0.5) is 5.82 Å². The van der Waals surface area contributed by atoms with Gasteiger partial charge >= 0.3 is 0 Å². The summed E-state index contributed by atoms with van der Waals surface area (Å²) in [6.07, 6.45) is 1.66. The third-order valence-corrected chi connectivity index (χ3v) is 3.69. The average Bonchev–Trinajstić information content (AvgIpc) is 2.26. The average molecular weight is 343 g/mol. The van der Waals surface area contributed by atoms with E-state index >= 15 is 0 Å². The first kappa shape index (κ1) is 11.5. The zero-order chi connectivity index (χ0) is 11.7. The monoisotopic (exact) mass is 341 g/mol. The Labute approximate surface area is 110 Å². The minimum Gasteiger partial charge on any atom is -0.383 e. The van der Waals surface area contributed by atoms with E-state index < -0.39 is 0 Å². The van der Waals surface area contributed by atoms with Crippen molar-refractivity contribution in [3.63, 3.8) is 0 Å². The van der Waals surface area contributed by atoms with Crippen molar-refractivity contribution in [3.05, 3.63) is 38.9 Å². The Bertz CT molecular complexity index is 491. The number of hydrogen-bond acceptors (Lipinski definition) is 3. The van der Waals surface area contributed by atoms with E-state index in [4.69, 9.17) is 5.73 Å². The molecule has 0 radical (unpaired) electrons. The number of nitrogens with two attached hydrogens (primary N) is 1. The van der Waals surface area contributed by atoms with Gasteiger partial charge < -0.3 is 5.73 Å². The highest BCUT2D eigenvalue weighted by Gasteiger charge is 2.05. The summed E-state index contributed by atoms with van der Waals surface area (Å²) in [6.45, 7) is 2.02. The first-order chi connectivity index (χ1) is 7.58. The summed E-state index contributed by atoms with van der Waals surface area (Å²) in [6, 6.07) is 5.96. The van der Waals surface area contributed by atoms with Crippen LogP contribution in [0, 0.1) is 6.92 Å². The molecule has 0 amide bonds. The van der Waals surface area contributed by atoms with Crippen molar-refractivity contribution in [3.8, 4) is 11.4 Å². The molecule has 1 aromatic heterocycles. The van der Waals surface area contributed by atoms with Crippen molar-refractivity contribution in [1.82, 2.24) is 9.97 Å². The molecule has 0 saturated heterocycles. The van der Waals surface area contributed by atoms with Crippen molar-refractivity contribution < 1.29 is 0 Å². The van der Waals surface area contributed by atoms with Gasteiger partial charge in [-0.05, 0) is 40.5 Å². The Morgan fingerprint density at radius 2 is 1.94 bits per heavy atom. The predicted molar refractivity (Wildman–Crippen MR) is 72.0 cm³/mol.